The molecule has 0 aliphatic carbocycles. The van der Waals surface area contributed by atoms with E-state index < -0.39 is 10.0 Å². The Morgan fingerprint density at radius 2 is 1.97 bits per heavy atom. The summed E-state index contributed by atoms with van der Waals surface area (Å²) >= 11 is 0. The van der Waals surface area contributed by atoms with Crippen molar-refractivity contribution in [2.45, 2.75) is 57.0 Å². The van der Waals surface area contributed by atoms with Gasteiger partial charge in [-0.05, 0) is 37.5 Å². The van der Waals surface area contributed by atoms with Crippen molar-refractivity contribution in [2.75, 3.05) is 13.1 Å². The lowest BCUT2D eigenvalue weighted by molar-refractivity contribution is -0.121. The van der Waals surface area contributed by atoms with E-state index in [4.69, 9.17) is 4.98 Å². The molecule has 1 fully saturated rings. The number of aryl methyl sites for hydroxylation is 3. The van der Waals surface area contributed by atoms with Gasteiger partial charge in [-0.1, -0.05) is 6.92 Å². The smallest absolute Gasteiger partial charge is 0.243 e. The fourth-order valence-electron chi connectivity index (χ4n) is 4.02. The Labute approximate surface area is 187 Å². The highest BCUT2D eigenvalue weighted by atomic mass is 32.2. The highest BCUT2D eigenvalue weighted by Gasteiger charge is 2.27. The van der Waals surface area contributed by atoms with Crippen molar-refractivity contribution in [1.29, 1.82) is 0 Å². The van der Waals surface area contributed by atoms with Crippen LogP contribution in [0.25, 0.3) is 11.0 Å². The van der Waals surface area contributed by atoms with Crippen LogP contribution >= 0.6 is 0 Å². The normalized spacial score (nSPS) is 14.9. The molecule has 4 rings (SSSR count). The molecule has 172 valence electrons. The molecule has 0 atom stereocenters. The van der Waals surface area contributed by atoms with E-state index in [0.717, 1.165) is 37.1 Å². The van der Waals surface area contributed by atoms with Gasteiger partial charge >= 0.3 is 0 Å². The van der Waals surface area contributed by atoms with Crippen molar-refractivity contribution in [1.82, 2.24) is 33.9 Å². The van der Waals surface area contributed by atoms with E-state index in [1.54, 1.807) is 27.3 Å². The van der Waals surface area contributed by atoms with Crippen LogP contribution in [0.15, 0.2) is 29.4 Å². The number of sulfonamides is 1. The van der Waals surface area contributed by atoms with Gasteiger partial charge in [-0.3, -0.25) is 4.79 Å². The van der Waals surface area contributed by atoms with Crippen molar-refractivity contribution in [3.63, 3.8) is 0 Å². The number of imidazole rings is 1. The van der Waals surface area contributed by atoms with Gasteiger partial charge in [0.25, 0.3) is 0 Å². The molecule has 1 aliphatic heterocycles. The van der Waals surface area contributed by atoms with E-state index in [9.17, 15) is 13.2 Å². The molecule has 1 N–H and O–H groups in total. The predicted molar refractivity (Wildman–Crippen MR) is 119 cm³/mol. The van der Waals surface area contributed by atoms with Gasteiger partial charge in [-0.15, -0.1) is 10.2 Å². The van der Waals surface area contributed by atoms with E-state index >= 15 is 0 Å². The van der Waals surface area contributed by atoms with Crippen LogP contribution in [0, 0.1) is 0 Å². The van der Waals surface area contributed by atoms with E-state index in [2.05, 4.69) is 27.0 Å². The molecule has 1 aromatic carbocycles. The van der Waals surface area contributed by atoms with E-state index in [-0.39, 0.29) is 17.2 Å². The first kappa shape index (κ1) is 22.4. The van der Waals surface area contributed by atoms with E-state index in [1.165, 1.54) is 0 Å². The number of fused-ring (bicyclic) bond motifs is 1. The molecule has 0 saturated carbocycles. The van der Waals surface area contributed by atoms with Gasteiger partial charge in [0.15, 0.2) is 5.82 Å². The molecule has 0 unspecified atom stereocenters. The number of nitrogens with one attached hydrogen (secondary N) is 1. The fraction of sp³-hybridized carbons (Fsp3) is 0.524. The summed E-state index contributed by atoms with van der Waals surface area (Å²) in [4.78, 5) is 17.3. The molecule has 1 aliphatic rings. The molecule has 0 bridgehead atoms. The van der Waals surface area contributed by atoms with Crippen LogP contribution in [0.3, 0.4) is 0 Å². The van der Waals surface area contributed by atoms with Crippen LogP contribution in [0.5, 0.6) is 0 Å². The van der Waals surface area contributed by atoms with Gasteiger partial charge in [0, 0.05) is 39.5 Å². The highest BCUT2D eigenvalue weighted by Crippen LogP contribution is 2.25. The van der Waals surface area contributed by atoms with Crippen molar-refractivity contribution in [3.8, 4) is 0 Å². The van der Waals surface area contributed by atoms with Crippen LogP contribution < -0.4 is 5.32 Å². The van der Waals surface area contributed by atoms with Crippen molar-refractivity contribution in [3.05, 3.63) is 36.2 Å². The van der Waals surface area contributed by atoms with Gasteiger partial charge in [0.2, 0.25) is 15.9 Å². The minimum Gasteiger partial charge on any atom is -0.349 e. The van der Waals surface area contributed by atoms with Crippen molar-refractivity contribution in [2.24, 2.45) is 7.05 Å². The van der Waals surface area contributed by atoms with Crippen LogP contribution in [0.1, 0.15) is 44.3 Å². The lowest BCUT2D eigenvalue weighted by Crippen LogP contribution is -2.27. The number of nitrogens with zero attached hydrogens (tertiary/aromatic N) is 6. The second-order valence-corrected chi connectivity index (χ2v) is 10.0. The average molecular weight is 460 g/mol. The molecule has 1 saturated heterocycles. The molecule has 11 heteroatoms. The topological polar surface area (TPSA) is 115 Å². The molecule has 1 amide bonds. The lowest BCUT2D eigenvalue weighted by Gasteiger charge is -2.15. The molecular weight excluding hydrogens is 430 g/mol. The number of amides is 1. The molecule has 2 aromatic heterocycles. The van der Waals surface area contributed by atoms with Crippen LogP contribution in [0.4, 0.5) is 0 Å². The molecular formula is C21H29N7O3S. The third-order valence-electron chi connectivity index (χ3n) is 5.77. The molecule has 3 heterocycles. The average Bonchev–Trinajstić information content (AvgIpc) is 3.52. The summed E-state index contributed by atoms with van der Waals surface area (Å²) in [5.41, 5.74) is 1.54. The number of hydrogen-bond donors (Lipinski definition) is 1. The van der Waals surface area contributed by atoms with E-state index in [1.807, 2.05) is 13.1 Å². The summed E-state index contributed by atoms with van der Waals surface area (Å²) in [7, 11) is -1.67. The minimum atomic E-state index is -3.50. The summed E-state index contributed by atoms with van der Waals surface area (Å²) in [5.74, 6) is 1.37. The van der Waals surface area contributed by atoms with Gasteiger partial charge in [-0.2, -0.15) is 4.31 Å². The summed E-state index contributed by atoms with van der Waals surface area (Å²) in [5, 5.41) is 10.6. The Kier molecular flexibility index (Phi) is 6.56. The minimum absolute atomic E-state index is 0.0968. The number of rotatable bonds is 9. The van der Waals surface area contributed by atoms with Gasteiger partial charge in [0.05, 0.1) is 22.5 Å². The lowest BCUT2D eigenvalue weighted by atomic mass is 10.2. The number of benzene rings is 1. The SMILES string of the molecule is CCCn1c(CCC(=O)NCc2nncn2C)nc2cc(S(=O)(=O)N3CCCC3)ccc21. The summed E-state index contributed by atoms with van der Waals surface area (Å²) < 4.78 is 31.2. The zero-order valence-corrected chi connectivity index (χ0v) is 19.3. The Morgan fingerprint density at radius 3 is 2.66 bits per heavy atom. The molecule has 0 spiro atoms. The predicted octanol–water partition coefficient (Wildman–Crippen LogP) is 1.61. The quantitative estimate of drug-likeness (QED) is 0.520. The maximum atomic E-state index is 12.9. The maximum Gasteiger partial charge on any atom is 0.243 e. The molecule has 32 heavy (non-hydrogen) atoms. The Hall–Kier alpha value is -2.79. The van der Waals surface area contributed by atoms with Gasteiger partial charge in [0.1, 0.15) is 12.2 Å². The van der Waals surface area contributed by atoms with Crippen LogP contribution in [0.2, 0.25) is 0 Å². The van der Waals surface area contributed by atoms with Crippen molar-refractivity contribution >= 4 is 27.0 Å². The first-order chi connectivity index (χ1) is 15.4. The third-order valence-corrected chi connectivity index (χ3v) is 7.67. The summed E-state index contributed by atoms with van der Waals surface area (Å²) in [6.45, 7) is 4.29. The fourth-order valence-corrected chi connectivity index (χ4v) is 5.56. The third kappa shape index (κ3) is 4.53. The number of carbonyl (C=O) groups is 1. The van der Waals surface area contributed by atoms with Gasteiger partial charge < -0.3 is 14.5 Å². The summed E-state index contributed by atoms with van der Waals surface area (Å²) in [6, 6.07) is 5.16. The highest BCUT2D eigenvalue weighted by molar-refractivity contribution is 7.89. The Balaban J connectivity index is 1.51. The number of hydrogen-bond acceptors (Lipinski definition) is 6. The Morgan fingerprint density at radius 1 is 1.19 bits per heavy atom. The van der Waals surface area contributed by atoms with Crippen LogP contribution in [-0.4, -0.2) is 56.0 Å². The molecule has 0 radical (unpaired) electrons. The van der Waals surface area contributed by atoms with Crippen molar-refractivity contribution < 1.29 is 13.2 Å². The molecule has 3 aromatic rings. The zero-order valence-electron chi connectivity index (χ0n) is 18.5. The first-order valence-corrected chi connectivity index (χ1v) is 12.4. The monoisotopic (exact) mass is 459 g/mol. The number of aromatic nitrogens is 5. The first-order valence-electron chi connectivity index (χ1n) is 11.0. The second-order valence-electron chi connectivity index (χ2n) is 8.08. The standard InChI is InChI=1S/C21H29N7O3S/c1-3-10-28-18-7-6-16(32(30,31)27-11-4-5-12-27)13-17(18)24-19(28)8-9-21(29)22-14-20-25-23-15-26(20)2/h6-7,13,15H,3-5,8-12,14H2,1-2H3,(H,22,29). The van der Waals surface area contributed by atoms with E-state index in [0.29, 0.717) is 37.4 Å². The van der Waals surface area contributed by atoms with Gasteiger partial charge in [-0.25, -0.2) is 13.4 Å². The van der Waals surface area contributed by atoms with Crippen LogP contribution in [-0.2, 0) is 41.4 Å². The molecule has 10 nitrogen and oxygen atoms in total. The number of carbonyl (C=O) groups excluding carboxylic acids is 1. The summed E-state index contributed by atoms with van der Waals surface area (Å²) in [6.07, 6.45) is 5.04. The maximum absolute atomic E-state index is 12.9. The second kappa shape index (κ2) is 9.37. The largest absolute Gasteiger partial charge is 0.349 e. The Bertz CT molecular complexity index is 1210. The zero-order chi connectivity index (χ0) is 22.7.